The van der Waals surface area contributed by atoms with Gasteiger partial charge in [0.05, 0.1) is 13.4 Å². The molecule has 0 aliphatic rings. The van der Waals surface area contributed by atoms with Crippen LogP contribution in [0.4, 0.5) is 5.82 Å². The van der Waals surface area contributed by atoms with E-state index >= 15 is 0 Å². The Balaban J connectivity index is 2.96. The minimum Gasteiger partial charge on any atom is -0.326 e. The molecule has 0 aliphatic heterocycles. The van der Waals surface area contributed by atoms with E-state index in [9.17, 15) is 0 Å². The largest absolute Gasteiger partial charge is 0.326 e. The topological polar surface area (TPSA) is 60.6 Å². The third kappa shape index (κ3) is 0.761. The number of fused-ring (bicyclic) bond motifs is 1. The monoisotopic (exact) mass is 164 g/mol. The second-order valence-corrected chi connectivity index (χ2v) is 2.77. The molecule has 5 nitrogen and oxygen atoms in total. The summed E-state index contributed by atoms with van der Waals surface area (Å²) in [5.74, 6) is 0.681. The van der Waals surface area contributed by atoms with Crippen molar-refractivity contribution in [3.8, 4) is 0 Å². The molecule has 2 aromatic heterocycles. The number of nitrogens with two attached hydrogens (primary N) is 1. The van der Waals surface area contributed by atoms with Gasteiger partial charge in [0.1, 0.15) is 0 Å². The molecule has 2 aromatic rings. The number of nitrogens with zero attached hydrogens (tertiary/aromatic N) is 4. The Morgan fingerprint density at radius 3 is 3.00 bits per heavy atom. The molecule has 0 unspecified atom stereocenters. The van der Waals surface area contributed by atoms with Crippen LogP contribution in [0.15, 0.2) is 12.7 Å². The van der Waals surface area contributed by atoms with Crippen molar-refractivity contribution in [2.45, 2.75) is 0 Å². The Morgan fingerprint density at radius 2 is 2.25 bits per heavy atom. The summed E-state index contributed by atoms with van der Waals surface area (Å²) in [6, 6.07) is 0. The van der Waals surface area contributed by atoms with Crippen LogP contribution in [0, 0.1) is 0 Å². The Morgan fingerprint density at radius 1 is 1.50 bits per heavy atom. The van der Waals surface area contributed by atoms with Crippen molar-refractivity contribution in [3.05, 3.63) is 12.7 Å². The van der Waals surface area contributed by atoms with Crippen molar-refractivity contribution in [2.24, 2.45) is 14.1 Å². The Kier molecular flexibility index (Phi) is 1.27. The van der Waals surface area contributed by atoms with Crippen LogP contribution in [-0.2, 0) is 14.1 Å². The highest BCUT2D eigenvalue weighted by atomic mass is 15.1. The molecule has 0 amide bonds. The van der Waals surface area contributed by atoms with E-state index in [-0.39, 0.29) is 0 Å². The first-order chi connectivity index (χ1) is 5.70. The highest BCUT2D eigenvalue weighted by molar-refractivity contribution is 5.79. The predicted octanol–water partition coefficient (Wildman–Crippen LogP) is -0.625. The van der Waals surface area contributed by atoms with Gasteiger partial charge in [-0.05, 0) is 0 Å². The Hall–Kier alpha value is -1.65. The molecule has 0 atom stereocenters. The van der Waals surface area contributed by atoms with Gasteiger partial charge in [0.2, 0.25) is 12.1 Å². The Labute approximate surface area is 69.5 Å². The van der Waals surface area contributed by atoms with Crippen LogP contribution < -0.4 is 10.3 Å². The molecular weight excluding hydrogens is 154 g/mol. The summed E-state index contributed by atoms with van der Waals surface area (Å²) in [4.78, 5) is 8.19. The van der Waals surface area contributed by atoms with E-state index < -0.39 is 0 Å². The van der Waals surface area contributed by atoms with E-state index in [0.29, 0.717) is 11.5 Å². The number of anilines is 1. The number of hydrogen-bond donors (Lipinski definition) is 1. The van der Waals surface area contributed by atoms with Gasteiger partial charge in [-0.25, -0.2) is 9.55 Å². The summed E-state index contributed by atoms with van der Waals surface area (Å²) >= 11 is 0. The summed E-state index contributed by atoms with van der Waals surface area (Å²) in [5, 5.41) is 0. The molecule has 2 N–H and O–H groups in total. The van der Waals surface area contributed by atoms with E-state index in [1.165, 1.54) is 0 Å². The summed E-state index contributed by atoms with van der Waals surface area (Å²) in [6.45, 7) is 0. The van der Waals surface area contributed by atoms with Crippen molar-refractivity contribution in [1.82, 2.24) is 14.5 Å². The van der Waals surface area contributed by atoms with Crippen LogP contribution in [0.2, 0.25) is 0 Å². The number of rotatable bonds is 0. The highest BCUT2D eigenvalue weighted by Gasteiger charge is 2.12. The fourth-order valence-corrected chi connectivity index (χ4v) is 1.18. The first-order valence-electron chi connectivity index (χ1n) is 3.61. The van der Waals surface area contributed by atoms with Crippen molar-refractivity contribution in [2.75, 3.05) is 5.73 Å². The molecule has 0 radical (unpaired) electrons. The van der Waals surface area contributed by atoms with E-state index in [1.807, 2.05) is 18.7 Å². The number of aryl methyl sites for hydroxylation is 2. The lowest BCUT2D eigenvalue weighted by atomic mass is 10.5. The van der Waals surface area contributed by atoms with Crippen LogP contribution in [0.3, 0.4) is 0 Å². The molecular formula is C7H10N5+. The Bertz CT molecular complexity index is 431. The average molecular weight is 164 g/mol. The van der Waals surface area contributed by atoms with Gasteiger partial charge in [0.15, 0.2) is 5.52 Å². The number of aromatic nitrogens is 4. The normalized spacial score (nSPS) is 10.8. The standard InChI is InChI=1S/C7H9N5/c1-11-3-9-7-5(11)6(8)12(2)4-10-7/h3-4,8H,1-2H3/p+1. The van der Waals surface area contributed by atoms with E-state index in [4.69, 9.17) is 5.73 Å². The maximum absolute atomic E-state index is 5.83. The maximum Gasteiger partial charge on any atom is 0.260 e. The molecule has 0 bridgehead atoms. The van der Waals surface area contributed by atoms with Gasteiger partial charge in [-0.3, -0.25) is 0 Å². The first kappa shape index (κ1) is 7.02. The van der Waals surface area contributed by atoms with Gasteiger partial charge in [-0.1, -0.05) is 4.98 Å². The zero-order valence-corrected chi connectivity index (χ0v) is 7.02. The van der Waals surface area contributed by atoms with Crippen molar-refractivity contribution >= 4 is 17.0 Å². The quantitative estimate of drug-likeness (QED) is 0.528. The molecule has 0 fully saturated rings. The molecule has 0 saturated carbocycles. The lowest BCUT2D eigenvalue weighted by Gasteiger charge is -1.97. The zero-order valence-electron chi connectivity index (χ0n) is 7.02. The molecule has 0 aliphatic carbocycles. The summed E-state index contributed by atoms with van der Waals surface area (Å²) in [7, 11) is 3.75. The molecule has 0 aromatic carbocycles. The average Bonchev–Trinajstić information content (AvgIpc) is 2.41. The van der Waals surface area contributed by atoms with E-state index in [0.717, 1.165) is 5.52 Å². The lowest BCUT2D eigenvalue weighted by Crippen LogP contribution is -2.32. The van der Waals surface area contributed by atoms with Crippen LogP contribution in [0.1, 0.15) is 0 Å². The van der Waals surface area contributed by atoms with Crippen molar-refractivity contribution in [3.63, 3.8) is 0 Å². The second-order valence-electron chi connectivity index (χ2n) is 2.77. The minimum atomic E-state index is 0.681. The second kappa shape index (κ2) is 2.17. The number of imidazole rings is 1. The predicted molar refractivity (Wildman–Crippen MR) is 44.1 cm³/mol. The molecule has 2 rings (SSSR count). The van der Waals surface area contributed by atoms with Crippen LogP contribution in [-0.4, -0.2) is 14.5 Å². The molecule has 12 heavy (non-hydrogen) atoms. The van der Waals surface area contributed by atoms with Gasteiger partial charge < -0.3 is 10.3 Å². The maximum atomic E-state index is 5.83. The van der Waals surface area contributed by atoms with Gasteiger partial charge >= 0.3 is 0 Å². The van der Waals surface area contributed by atoms with Gasteiger partial charge in [-0.2, -0.15) is 0 Å². The third-order valence-corrected chi connectivity index (χ3v) is 1.89. The molecule has 2 heterocycles. The third-order valence-electron chi connectivity index (χ3n) is 1.89. The number of nitrogen functional groups attached to an aromatic ring is 1. The molecule has 0 spiro atoms. The van der Waals surface area contributed by atoms with Gasteiger partial charge in [-0.15, -0.1) is 0 Å². The summed E-state index contributed by atoms with van der Waals surface area (Å²) in [6.07, 6.45) is 3.36. The van der Waals surface area contributed by atoms with Crippen LogP contribution in [0.25, 0.3) is 11.2 Å². The van der Waals surface area contributed by atoms with Crippen LogP contribution in [0.5, 0.6) is 0 Å². The highest BCUT2D eigenvalue weighted by Crippen LogP contribution is 2.11. The van der Waals surface area contributed by atoms with Gasteiger partial charge in [0, 0.05) is 7.05 Å². The van der Waals surface area contributed by atoms with E-state index in [2.05, 4.69) is 9.97 Å². The summed E-state index contributed by atoms with van der Waals surface area (Å²) in [5.41, 5.74) is 7.39. The summed E-state index contributed by atoms with van der Waals surface area (Å²) < 4.78 is 3.63. The first-order valence-corrected chi connectivity index (χ1v) is 3.61. The van der Waals surface area contributed by atoms with Crippen molar-refractivity contribution < 1.29 is 4.57 Å². The smallest absolute Gasteiger partial charge is 0.260 e. The zero-order chi connectivity index (χ0) is 8.72. The minimum absolute atomic E-state index is 0.681. The molecule has 0 saturated heterocycles. The fourth-order valence-electron chi connectivity index (χ4n) is 1.18. The number of hydrogen-bond acceptors (Lipinski definition) is 3. The van der Waals surface area contributed by atoms with Crippen LogP contribution >= 0.6 is 0 Å². The van der Waals surface area contributed by atoms with Gasteiger partial charge in [0.25, 0.3) is 5.65 Å². The van der Waals surface area contributed by atoms with E-state index in [1.54, 1.807) is 17.2 Å². The molecule has 5 heteroatoms. The fraction of sp³-hybridized carbons (Fsp3) is 0.286. The molecule has 62 valence electrons. The lowest BCUT2D eigenvalue weighted by molar-refractivity contribution is -0.658. The SMILES string of the molecule is Cn1cnc2nc[n+](C)c(N)c21. The van der Waals surface area contributed by atoms with Crippen molar-refractivity contribution in [1.29, 1.82) is 0 Å².